The number of aryl methyl sites for hydroxylation is 1. The van der Waals surface area contributed by atoms with Crippen LogP contribution in [0.1, 0.15) is 47.9 Å². The number of carbonyl (C=O) groups is 1. The van der Waals surface area contributed by atoms with Crippen LogP contribution in [-0.4, -0.2) is 51.7 Å². The first kappa shape index (κ1) is 19.8. The van der Waals surface area contributed by atoms with Crippen LogP contribution in [0.3, 0.4) is 0 Å². The van der Waals surface area contributed by atoms with E-state index in [9.17, 15) is 15.0 Å². The smallest absolute Gasteiger partial charge is 0.200 e. The van der Waals surface area contributed by atoms with Crippen molar-refractivity contribution in [3.05, 3.63) is 64.2 Å². The largest absolute Gasteiger partial charge is 0.504 e. The lowest BCUT2D eigenvalue weighted by Gasteiger charge is -2.62. The van der Waals surface area contributed by atoms with Crippen molar-refractivity contribution in [2.45, 2.75) is 62.2 Å². The Morgan fingerprint density at radius 2 is 1.97 bits per heavy atom. The highest BCUT2D eigenvalue weighted by molar-refractivity contribution is 6.06. The molecule has 0 aromatic heterocycles. The van der Waals surface area contributed by atoms with Crippen molar-refractivity contribution < 1.29 is 19.7 Å². The van der Waals surface area contributed by atoms with Crippen LogP contribution >= 0.6 is 0 Å². The highest BCUT2D eigenvalue weighted by Gasteiger charge is 2.74. The summed E-state index contributed by atoms with van der Waals surface area (Å²) in [6.45, 7) is 3.91. The summed E-state index contributed by atoms with van der Waals surface area (Å²) in [6, 6.07) is 11.7. The second-order valence-corrected chi connectivity index (χ2v) is 10.9. The van der Waals surface area contributed by atoms with Gasteiger partial charge in [0.2, 0.25) is 0 Å². The van der Waals surface area contributed by atoms with Crippen LogP contribution in [-0.2, 0) is 16.6 Å². The number of ether oxygens (including phenoxy) is 1. The summed E-state index contributed by atoms with van der Waals surface area (Å²) in [5.41, 5.74) is 2.84. The summed E-state index contributed by atoms with van der Waals surface area (Å²) in [4.78, 5) is 16.3. The standard InChI is InChI=1S/C28H29NO4/c1-16-2-4-17(5-3-16)12-20-14-28(32)22-13-19-8-9-21(30)25-23(19)27(28,26(33-25)24(20)31)10-11-29(22)15-18-6-7-18/h2-5,8-9,12,18,22,26,30,32H,6-7,10-11,13-15H2,1H3/b20-12-. The van der Waals surface area contributed by atoms with Crippen molar-refractivity contribution in [2.75, 3.05) is 13.1 Å². The molecule has 2 saturated carbocycles. The normalized spacial score (nSPS) is 35.5. The van der Waals surface area contributed by atoms with Crippen molar-refractivity contribution >= 4 is 11.9 Å². The van der Waals surface area contributed by atoms with E-state index >= 15 is 0 Å². The molecular weight excluding hydrogens is 414 g/mol. The molecule has 5 heteroatoms. The number of hydrogen-bond donors (Lipinski definition) is 2. The minimum Gasteiger partial charge on any atom is -0.504 e. The number of Topliss-reactive ketones (excluding diaryl/α,β-unsaturated/α-hetero) is 1. The molecule has 33 heavy (non-hydrogen) atoms. The van der Waals surface area contributed by atoms with E-state index in [-0.39, 0.29) is 17.6 Å². The number of piperidine rings is 1. The highest BCUT2D eigenvalue weighted by atomic mass is 16.5. The Hall–Kier alpha value is -2.63. The zero-order valence-corrected chi connectivity index (χ0v) is 18.9. The lowest BCUT2D eigenvalue weighted by Crippen LogP contribution is -2.77. The Bertz CT molecular complexity index is 1210. The van der Waals surface area contributed by atoms with Crippen LogP contribution in [0.5, 0.6) is 11.5 Å². The minimum atomic E-state index is -1.11. The van der Waals surface area contributed by atoms with E-state index in [4.69, 9.17) is 4.74 Å². The summed E-state index contributed by atoms with van der Waals surface area (Å²) in [5, 5.41) is 23.3. The van der Waals surface area contributed by atoms with Crippen molar-refractivity contribution in [1.29, 1.82) is 0 Å². The third-order valence-corrected chi connectivity index (χ3v) is 8.95. The van der Waals surface area contributed by atoms with Gasteiger partial charge < -0.3 is 14.9 Å². The van der Waals surface area contributed by atoms with Gasteiger partial charge in [-0.2, -0.15) is 0 Å². The molecule has 2 N–H and O–H groups in total. The van der Waals surface area contributed by atoms with E-state index < -0.39 is 17.1 Å². The number of rotatable bonds is 3. The molecule has 0 amide bonds. The molecule has 7 rings (SSSR count). The number of hydrogen-bond acceptors (Lipinski definition) is 5. The maximum atomic E-state index is 13.8. The van der Waals surface area contributed by atoms with Gasteiger partial charge >= 0.3 is 0 Å². The number of carbonyl (C=O) groups excluding carboxylic acids is 1. The Balaban J connectivity index is 1.40. The third-order valence-electron chi connectivity index (χ3n) is 8.95. The Morgan fingerprint density at radius 3 is 2.73 bits per heavy atom. The van der Waals surface area contributed by atoms with Gasteiger partial charge in [0.05, 0.1) is 11.0 Å². The molecule has 2 aromatic rings. The van der Waals surface area contributed by atoms with E-state index in [2.05, 4.69) is 4.90 Å². The fourth-order valence-corrected chi connectivity index (χ4v) is 7.17. The lowest BCUT2D eigenvalue weighted by molar-refractivity contribution is -0.179. The molecule has 2 bridgehead atoms. The Labute approximate surface area is 193 Å². The molecular formula is C28H29NO4. The lowest BCUT2D eigenvalue weighted by atomic mass is 9.48. The number of nitrogens with zero attached hydrogens (tertiary/aromatic N) is 1. The first-order valence-corrected chi connectivity index (χ1v) is 12.2. The number of ketones is 1. The topological polar surface area (TPSA) is 70.0 Å². The second-order valence-electron chi connectivity index (χ2n) is 10.9. The number of aromatic hydroxyl groups is 1. The third kappa shape index (κ3) is 2.52. The zero-order chi connectivity index (χ0) is 22.5. The van der Waals surface area contributed by atoms with Gasteiger partial charge in [-0.05, 0) is 68.3 Å². The van der Waals surface area contributed by atoms with Crippen molar-refractivity contribution in [1.82, 2.24) is 4.90 Å². The minimum absolute atomic E-state index is 0.0573. The van der Waals surface area contributed by atoms with Crippen LogP contribution in [0.2, 0.25) is 0 Å². The molecule has 3 aliphatic carbocycles. The molecule has 0 radical (unpaired) electrons. The number of aliphatic hydroxyl groups is 1. The average molecular weight is 444 g/mol. The molecule has 5 aliphatic rings. The van der Waals surface area contributed by atoms with Crippen LogP contribution in [0.25, 0.3) is 6.08 Å². The molecule has 1 spiro atoms. The fourth-order valence-electron chi connectivity index (χ4n) is 7.17. The average Bonchev–Trinajstić information content (AvgIpc) is 3.53. The molecule has 5 nitrogen and oxygen atoms in total. The number of likely N-dealkylation sites (tertiary alicyclic amines) is 1. The van der Waals surface area contributed by atoms with Crippen molar-refractivity contribution in [2.24, 2.45) is 5.92 Å². The maximum Gasteiger partial charge on any atom is 0.200 e. The van der Waals surface area contributed by atoms with E-state index in [0.717, 1.165) is 42.1 Å². The Kier molecular flexibility index (Phi) is 3.89. The summed E-state index contributed by atoms with van der Waals surface area (Å²) in [5.74, 6) is 1.14. The van der Waals surface area contributed by atoms with E-state index in [0.29, 0.717) is 24.2 Å². The summed E-state index contributed by atoms with van der Waals surface area (Å²) in [6.07, 6.45) is 5.38. The molecule has 1 saturated heterocycles. The molecule has 4 atom stereocenters. The van der Waals surface area contributed by atoms with Crippen molar-refractivity contribution in [3.63, 3.8) is 0 Å². The van der Waals surface area contributed by atoms with Crippen LogP contribution in [0.15, 0.2) is 42.0 Å². The van der Waals surface area contributed by atoms with Crippen LogP contribution in [0.4, 0.5) is 0 Å². The van der Waals surface area contributed by atoms with Crippen molar-refractivity contribution in [3.8, 4) is 11.5 Å². The predicted octanol–water partition coefficient (Wildman–Crippen LogP) is 3.53. The van der Waals surface area contributed by atoms with Crippen LogP contribution < -0.4 is 4.74 Å². The molecule has 2 aliphatic heterocycles. The fraction of sp³-hybridized carbons (Fsp3) is 0.464. The SMILES string of the molecule is Cc1ccc(/C=C2/CC3(O)C4Cc5ccc(O)c6c5C3(CCN4CC3CC3)C(O6)C2=O)cc1. The first-order valence-electron chi connectivity index (χ1n) is 12.2. The number of phenols is 1. The van der Waals surface area contributed by atoms with E-state index in [1.807, 2.05) is 43.3 Å². The molecule has 2 aromatic carbocycles. The monoisotopic (exact) mass is 443 g/mol. The summed E-state index contributed by atoms with van der Waals surface area (Å²) >= 11 is 0. The number of phenolic OH excluding ortho intramolecular Hbond substituents is 1. The van der Waals surface area contributed by atoms with Crippen LogP contribution in [0, 0.1) is 12.8 Å². The predicted molar refractivity (Wildman–Crippen MR) is 124 cm³/mol. The van der Waals surface area contributed by atoms with Gasteiger partial charge in [0.1, 0.15) is 0 Å². The van der Waals surface area contributed by atoms with Gasteiger partial charge in [0.15, 0.2) is 23.4 Å². The molecule has 4 unspecified atom stereocenters. The zero-order valence-electron chi connectivity index (χ0n) is 18.9. The van der Waals surface area contributed by atoms with Gasteiger partial charge in [-0.1, -0.05) is 35.9 Å². The van der Waals surface area contributed by atoms with E-state index in [1.165, 1.54) is 18.4 Å². The van der Waals surface area contributed by atoms with Gasteiger partial charge in [0, 0.05) is 30.1 Å². The first-order chi connectivity index (χ1) is 15.9. The maximum absolute atomic E-state index is 13.8. The van der Waals surface area contributed by atoms with E-state index in [1.54, 1.807) is 6.07 Å². The number of benzene rings is 2. The molecule has 2 heterocycles. The quantitative estimate of drug-likeness (QED) is 0.711. The van der Waals surface area contributed by atoms with Gasteiger partial charge in [-0.15, -0.1) is 0 Å². The Morgan fingerprint density at radius 1 is 1.18 bits per heavy atom. The summed E-state index contributed by atoms with van der Waals surface area (Å²) in [7, 11) is 0. The van der Waals surface area contributed by atoms with Gasteiger partial charge in [0.25, 0.3) is 0 Å². The second kappa shape index (κ2) is 6.49. The molecule has 170 valence electrons. The van der Waals surface area contributed by atoms with Gasteiger partial charge in [-0.25, -0.2) is 0 Å². The van der Waals surface area contributed by atoms with Gasteiger partial charge in [-0.3, -0.25) is 9.69 Å². The molecule has 3 fully saturated rings. The highest BCUT2D eigenvalue weighted by Crippen LogP contribution is 2.65. The summed E-state index contributed by atoms with van der Waals surface area (Å²) < 4.78 is 6.28.